The Hall–Kier alpha value is -1.31. The number of nitrogen functional groups attached to an aromatic ring is 1. The number of nitrogens with one attached hydrogen (secondary N) is 2. The highest BCUT2D eigenvalue weighted by atomic mass is 79.9. The molecular weight excluding hydrogens is 452 g/mol. The van der Waals surface area contributed by atoms with Crippen LogP contribution in [0.15, 0.2) is 45.3 Å². The molecule has 4 nitrogen and oxygen atoms in total. The van der Waals surface area contributed by atoms with Crippen LogP contribution in [0.25, 0.3) is 11.0 Å². The Kier molecular flexibility index (Phi) is 6.89. The van der Waals surface area contributed by atoms with Crippen molar-refractivity contribution < 1.29 is 0 Å². The lowest BCUT2D eigenvalue weighted by molar-refractivity contribution is 0.774. The maximum Gasteiger partial charge on any atom is 0.178 e. The first kappa shape index (κ1) is 19.0. The van der Waals surface area contributed by atoms with Crippen molar-refractivity contribution in [2.45, 2.75) is 20.4 Å². The third kappa shape index (κ3) is 4.20. The van der Waals surface area contributed by atoms with E-state index in [2.05, 4.69) is 59.7 Å². The Morgan fingerprint density at radius 1 is 1.12 bits per heavy atom. The Balaban J connectivity index is 0.000000177. The van der Waals surface area contributed by atoms with Crippen LogP contribution in [0.1, 0.15) is 13.8 Å². The fourth-order valence-electron chi connectivity index (χ4n) is 2.34. The van der Waals surface area contributed by atoms with Crippen LogP contribution in [0.3, 0.4) is 0 Å². The van der Waals surface area contributed by atoms with Gasteiger partial charge in [-0.25, -0.2) is 0 Å². The quantitative estimate of drug-likeness (QED) is 0.327. The van der Waals surface area contributed by atoms with Gasteiger partial charge in [0.25, 0.3) is 0 Å². The third-order valence-corrected chi connectivity index (χ3v) is 5.17. The van der Waals surface area contributed by atoms with Gasteiger partial charge in [-0.1, -0.05) is 12.1 Å². The molecule has 4 N–H and O–H groups in total. The minimum Gasteiger partial charge on any atom is -0.396 e. The average Bonchev–Trinajstić information content (AvgIpc) is 2.89. The van der Waals surface area contributed by atoms with E-state index in [9.17, 15) is 0 Å². The summed E-state index contributed by atoms with van der Waals surface area (Å²) in [5.41, 5.74) is 9.75. The maximum atomic E-state index is 5.76. The number of hydrogen-bond donors (Lipinski definition) is 3. The van der Waals surface area contributed by atoms with Crippen molar-refractivity contribution in [2.75, 3.05) is 17.6 Å². The summed E-state index contributed by atoms with van der Waals surface area (Å²) in [5.74, 6) is 0. The van der Waals surface area contributed by atoms with E-state index in [0.717, 1.165) is 49.2 Å². The van der Waals surface area contributed by atoms with Gasteiger partial charge in [-0.3, -0.25) is 0 Å². The zero-order valence-corrected chi connectivity index (χ0v) is 17.6. The van der Waals surface area contributed by atoms with Gasteiger partial charge in [0.1, 0.15) is 0 Å². The molecule has 0 spiro atoms. The predicted octanol–water partition coefficient (Wildman–Crippen LogP) is 5.94. The molecule has 1 aromatic heterocycles. The normalized spacial score (nSPS) is 10.3. The maximum absolute atomic E-state index is 5.76. The molecule has 0 aliphatic rings. The second-order valence-electron chi connectivity index (χ2n) is 5.04. The van der Waals surface area contributed by atoms with Crippen molar-refractivity contribution in [1.29, 1.82) is 0 Å². The van der Waals surface area contributed by atoms with Gasteiger partial charge in [-0.05, 0) is 82.2 Å². The van der Waals surface area contributed by atoms with Gasteiger partial charge in [0.2, 0.25) is 0 Å². The van der Waals surface area contributed by atoms with Crippen molar-refractivity contribution >= 4 is 66.5 Å². The molecule has 3 rings (SSSR count). The van der Waals surface area contributed by atoms with E-state index in [-0.39, 0.29) is 0 Å². The van der Waals surface area contributed by atoms with Crippen LogP contribution >= 0.6 is 44.1 Å². The van der Waals surface area contributed by atoms with Gasteiger partial charge >= 0.3 is 0 Å². The fourth-order valence-corrected chi connectivity index (χ4v) is 3.49. The molecule has 2 aromatic carbocycles. The minimum atomic E-state index is 0.773. The lowest BCUT2D eigenvalue weighted by Crippen LogP contribution is -2.00. The zero-order valence-electron chi connectivity index (χ0n) is 13.6. The first-order chi connectivity index (χ1) is 11.5. The number of H-pyrrole nitrogens is 1. The fraction of sp³-hybridized carbons (Fsp3) is 0.235. The van der Waals surface area contributed by atoms with Crippen LogP contribution in [-0.4, -0.2) is 16.1 Å². The summed E-state index contributed by atoms with van der Waals surface area (Å²) in [6.45, 7) is 5.92. The second-order valence-corrected chi connectivity index (χ2v) is 7.14. The van der Waals surface area contributed by atoms with Gasteiger partial charge in [0, 0.05) is 22.0 Å². The number of aromatic amines is 1. The van der Waals surface area contributed by atoms with Gasteiger partial charge in [0.05, 0.1) is 22.4 Å². The van der Waals surface area contributed by atoms with Crippen LogP contribution < -0.4 is 11.1 Å². The molecular formula is C17H20Br2N4S. The zero-order chi connectivity index (χ0) is 17.7. The van der Waals surface area contributed by atoms with E-state index in [1.807, 2.05) is 37.3 Å². The number of hydrogen-bond acceptors (Lipinski definition) is 3. The molecule has 3 aromatic rings. The first-order valence-electron chi connectivity index (χ1n) is 7.64. The summed E-state index contributed by atoms with van der Waals surface area (Å²) in [6.07, 6.45) is 0. The smallest absolute Gasteiger partial charge is 0.178 e. The molecule has 0 amide bonds. The van der Waals surface area contributed by atoms with Crippen LogP contribution in [-0.2, 0) is 6.54 Å². The number of para-hydroxylation sites is 2. The Morgan fingerprint density at radius 3 is 2.46 bits per heavy atom. The predicted molar refractivity (Wildman–Crippen MR) is 113 cm³/mol. The number of fused-ring (bicyclic) bond motifs is 1. The Morgan fingerprint density at radius 2 is 1.79 bits per heavy atom. The number of rotatable bonds is 3. The molecule has 0 saturated heterocycles. The summed E-state index contributed by atoms with van der Waals surface area (Å²) >= 11 is 12.0. The van der Waals surface area contributed by atoms with E-state index >= 15 is 0 Å². The number of nitrogens with two attached hydrogens (primary N) is 1. The van der Waals surface area contributed by atoms with E-state index in [4.69, 9.17) is 18.0 Å². The molecule has 0 atom stereocenters. The van der Waals surface area contributed by atoms with E-state index in [0.29, 0.717) is 0 Å². The third-order valence-electron chi connectivity index (χ3n) is 3.50. The summed E-state index contributed by atoms with van der Waals surface area (Å²) in [4.78, 5) is 3.18. The highest BCUT2D eigenvalue weighted by molar-refractivity contribution is 9.11. The van der Waals surface area contributed by atoms with Gasteiger partial charge in [-0.2, -0.15) is 0 Å². The highest BCUT2D eigenvalue weighted by Crippen LogP contribution is 2.26. The molecule has 1 heterocycles. The summed E-state index contributed by atoms with van der Waals surface area (Å²) < 4.78 is 4.86. The second kappa shape index (κ2) is 8.69. The molecule has 0 aliphatic heterocycles. The number of aromatic nitrogens is 2. The van der Waals surface area contributed by atoms with Crippen LogP contribution in [0.5, 0.6) is 0 Å². The Labute approximate surface area is 163 Å². The monoisotopic (exact) mass is 470 g/mol. The lowest BCUT2D eigenvalue weighted by Gasteiger charge is -2.07. The van der Waals surface area contributed by atoms with Crippen molar-refractivity contribution in [3.63, 3.8) is 0 Å². The van der Waals surface area contributed by atoms with Crippen LogP contribution in [0.4, 0.5) is 11.4 Å². The van der Waals surface area contributed by atoms with Crippen molar-refractivity contribution in [3.8, 4) is 0 Å². The average molecular weight is 472 g/mol. The van der Waals surface area contributed by atoms with Crippen molar-refractivity contribution in [2.24, 2.45) is 0 Å². The summed E-state index contributed by atoms with van der Waals surface area (Å²) in [5, 5.41) is 3.16. The molecule has 0 aliphatic carbocycles. The van der Waals surface area contributed by atoms with E-state index in [1.165, 1.54) is 0 Å². The number of imidazole rings is 1. The number of anilines is 2. The van der Waals surface area contributed by atoms with Crippen molar-refractivity contribution in [3.05, 3.63) is 50.1 Å². The summed E-state index contributed by atoms with van der Waals surface area (Å²) in [6, 6.07) is 11.9. The molecule has 128 valence electrons. The molecule has 0 fully saturated rings. The van der Waals surface area contributed by atoms with Crippen LogP contribution in [0.2, 0.25) is 0 Å². The lowest BCUT2D eigenvalue weighted by atomic mass is 10.3. The van der Waals surface area contributed by atoms with Gasteiger partial charge in [0.15, 0.2) is 4.77 Å². The van der Waals surface area contributed by atoms with E-state index in [1.54, 1.807) is 0 Å². The molecule has 0 radical (unpaired) electrons. The number of aryl methyl sites for hydroxylation is 1. The summed E-state index contributed by atoms with van der Waals surface area (Å²) in [7, 11) is 0. The first-order valence-corrected chi connectivity index (χ1v) is 9.63. The highest BCUT2D eigenvalue weighted by Gasteiger charge is 2.04. The van der Waals surface area contributed by atoms with E-state index < -0.39 is 0 Å². The number of benzene rings is 2. The van der Waals surface area contributed by atoms with Crippen LogP contribution in [0, 0.1) is 4.77 Å². The largest absolute Gasteiger partial charge is 0.396 e. The molecule has 0 saturated carbocycles. The molecule has 0 bridgehead atoms. The van der Waals surface area contributed by atoms with Crippen molar-refractivity contribution in [1.82, 2.24) is 9.55 Å². The number of halogens is 2. The molecule has 24 heavy (non-hydrogen) atoms. The molecule has 0 unspecified atom stereocenters. The minimum absolute atomic E-state index is 0.773. The SMILES string of the molecule is CCNc1cccc(Br)c1N.CCn1c(=S)[nH]c2c(Br)cccc21. The van der Waals surface area contributed by atoms with Gasteiger partial charge in [-0.15, -0.1) is 0 Å². The van der Waals surface area contributed by atoms with Gasteiger partial charge < -0.3 is 20.6 Å². The number of nitrogens with zero attached hydrogens (tertiary/aromatic N) is 1. The molecule has 7 heteroatoms. The topological polar surface area (TPSA) is 58.8 Å². The standard InChI is InChI=1S/C9H9BrN2S.C8H11BrN2/c1-2-12-7-5-3-4-6(10)8(7)11-9(12)13;1-2-11-7-5-3-4-6(9)8(7)10/h3-5H,2H2,1H3,(H,11,13);3-5,11H,2,10H2,1H3. The Bertz CT molecular complexity index is 886.